The zero-order valence-corrected chi connectivity index (χ0v) is 17.4. The molecule has 3 rings (SSSR count). The van der Waals surface area contributed by atoms with Gasteiger partial charge in [0.15, 0.2) is 0 Å². The predicted octanol–water partition coefficient (Wildman–Crippen LogP) is 4.16. The minimum atomic E-state index is -0.233. The first kappa shape index (κ1) is 20.6. The zero-order valence-electron chi connectivity index (χ0n) is 17.4. The van der Waals surface area contributed by atoms with Gasteiger partial charge in [0.1, 0.15) is 0 Å². The molecular formula is C24H32N2O2. The van der Waals surface area contributed by atoms with Gasteiger partial charge in [-0.2, -0.15) is 0 Å². The van der Waals surface area contributed by atoms with Crippen molar-refractivity contribution in [3.05, 3.63) is 70.8 Å². The molecule has 1 amide bonds. The van der Waals surface area contributed by atoms with E-state index in [4.69, 9.17) is 4.74 Å². The lowest BCUT2D eigenvalue weighted by atomic mass is 9.81. The number of carbonyl (C=O) groups excluding carboxylic acids is 1. The maximum atomic E-state index is 11.4. The quantitative estimate of drug-likeness (QED) is 0.791. The lowest BCUT2D eigenvalue weighted by Crippen LogP contribution is -2.57. The summed E-state index contributed by atoms with van der Waals surface area (Å²) in [6, 6.07) is 17.3. The van der Waals surface area contributed by atoms with Crippen molar-refractivity contribution in [3.63, 3.8) is 0 Å². The van der Waals surface area contributed by atoms with E-state index in [0.717, 1.165) is 19.4 Å². The molecule has 1 aliphatic heterocycles. The van der Waals surface area contributed by atoms with Crippen LogP contribution in [0.25, 0.3) is 0 Å². The fourth-order valence-corrected chi connectivity index (χ4v) is 4.16. The van der Waals surface area contributed by atoms with Crippen LogP contribution < -0.4 is 10.6 Å². The molecule has 150 valence electrons. The Kier molecular flexibility index (Phi) is 6.53. The van der Waals surface area contributed by atoms with Gasteiger partial charge in [0.25, 0.3) is 0 Å². The summed E-state index contributed by atoms with van der Waals surface area (Å²) in [7, 11) is 0. The van der Waals surface area contributed by atoms with E-state index in [1.165, 1.54) is 22.3 Å². The second-order valence-corrected chi connectivity index (χ2v) is 8.14. The van der Waals surface area contributed by atoms with Crippen LogP contribution >= 0.6 is 0 Å². The lowest BCUT2D eigenvalue weighted by Gasteiger charge is -2.42. The van der Waals surface area contributed by atoms with Crippen LogP contribution in [0.1, 0.15) is 55.0 Å². The number of rotatable bonds is 6. The van der Waals surface area contributed by atoms with Crippen molar-refractivity contribution in [2.75, 3.05) is 13.2 Å². The normalized spacial score (nSPS) is 23.2. The van der Waals surface area contributed by atoms with Crippen LogP contribution in [0, 0.1) is 13.8 Å². The average Bonchev–Trinajstić information content (AvgIpc) is 2.67. The molecule has 28 heavy (non-hydrogen) atoms. The molecule has 0 radical (unpaired) electrons. The number of amides is 1. The Labute approximate surface area is 168 Å². The Morgan fingerprint density at radius 3 is 2.46 bits per heavy atom. The summed E-state index contributed by atoms with van der Waals surface area (Å²) in [5.41, 5.74) is 4.74. The number of ether oxygens (including phenoxy) is 1. The highest BCUT2D eigenvalue weighted by atomic mass is 16.5. The molecule has 3 atom stereocenters. The molecule has 4 nitrogen and oxygen atoms in total. The van der Waals surface area contributed by atoms with Gasteiger partial charge in [-0.25, -0.2) is 0 Å². The number of carbonyl (C=O) groups is 1. The summed E-state index contributed by atoms with van der Waals surface area (Å²) >= 11 is 0. The molecule has 1 fully saturated rings. The minimum absolute atomic E-state index is 0.0223. The Hall–Kier alpha value is -2.17. The highest BCUT2D eigenvalue weighted by Gasteiger charge is 2.37. The van der Waals surface area contributed by atoms with Crippen LogP contribution in [0.3, 0.4) is 0 Å². The molecule has 0 aromatic heterocycles. The number of nitrogens with one attached hydrogen (secondary N) is 2. The zero-order chi connectivity index (χ0) is 20.1. The fourth-order valence-electron chi connectivity index (χ4n) is 4.16. The van der Waals surface area contributed by atoms with E-state index in [0.29, 0.717) is 6.61 Å². The monoisotopic (exact) mass is 380 g/mol. The van der Waals surface area contributed by atoms with Gasteiger partial charge >= 0.3 is 0 Å². The lowest BCUT2D eigenvalue weighted by molar-refractivity contribution is -0.120. The van der Waals surface area contributed by atoms with E-state index >= 15 is 0 Å². The van der Waals surface area contributed by atoms with Crippen molar-refractivity contribution in [1.82, 2.24) is 10.6 Å². The Morgan fingerprint density at radius 1 is 1.21 bits per heavy atom. The summed E-state index contributed by atoms with van der Waals surface area (Å²) in [6.45, 7) is 9.29. The van der Waals surface area contributed by atoms with E-state index in [1.54, 1.807) is 6.92 Å². The smallest absolute Gasteiger partial charge is 0.217 e. The molecule has 2 aromatic carbocycles. The van der Waals surface area contributed by atoms with E-state index in [9.17, 15) is 4.79 Å². The summed E-state index contributed by atoms with van der Waals surface area (Å²) in [6.07, 6.45) is 1.87. The van der Waals surface area contributed by atoms with E-state index in [-0.39, 0.29) is 23.6 Å². The Bertz CT molecular complexity index is 775. The van der Waals surface area contributed by atoms with Crippen LogP contribution in [0.2, 0.25) is 0 Å². The van der Waals surface area contributed by atoms with Crippen molar-refractivity contribution in [2.45, 2.75) is 58.2 Å². The van der Waals surface area contributed by atoms with Gasteiger partial charge in [-0.05, 0) is 44.7 Å². The molecule has 2 aromatic rings. The molecule has 1 aliphatic rings. The predicted molar refractivity (Wildman–Crippen MR) is 113 cm³/mol. The van der Waals surface area contributed by atoms with Crippen LogP contribution in [-0.4, -0.2) is 25.1 Å². The first-order chi connectivity index (χ1) is 13.4. The van der Waals surface area contributed by atoms with Crippen LogP contribution in [0.15, 0.2) is 48.5 Å². The summed E-state index contributed by atoms with van der Waals surface area (Å²) < 4.78 is 6.40. The Morgan fingerprint density at radius 2 is 1.89 bits per heavy atom. The second-order valence-electron chi connectivity index (χ2n) is 8.14. The van der Waals surface area contributed by atoms with Crippen molar-refractivity contribution in [3.8, 4) is 0 Å². The Balaban J connectivity index is 1.74. The topological polar surface area (TPSA) is 50.4 Å². The number of hydrogen-bond donors (Lipinski definition) is 2. The number of benzene rings is 2. The molecule has 1 saturated heterocycles. The molecule has 0 saturated carbocycles. The van der Waals surface area contributed by atoms with E-state index < -0.39 is 0 Å². The number of hydrogen-bond acceptors (Lipinski definition) is 3. The minimum Gasteiger partial charge on any atom is -0.372 e. The average molecular weight is 381 g/mol. The summed E-state index contributed by atoms with van der Waals surface area (Å²) in [5, 5.41) is 6.73. The standard InChI is InChI=1S/C24H32N2O2/c1-17-12-18(2)14-21(13-17)19(3)28-16-24(22-8-6-5-7-9-22)11-10-23(15-25-24)26-20(4)27/h5-9,12-14,19,23,25H,10-11,15-16H2,1-4H3,(H,26,27)/t19-,23+,24-/m1/s1. The van der Waals surface area contributed by atoms with Gasteiger partial charge in [0, 0.05) is 19.5 Å². The van der Waals surface area contributed by atoms with E-state index in [1.807, 2.05) is 6.07 Å². The SMILES string of the molecule is CC(=O)N[C@H]1CC[C@@](CO[C@H](C)c2cc(C)cc(C)c2)(c2ccccc2)NC1. The van der Waals surface area contributed by atoms with Gasteiger partial charge < -0.3 is 15.4 Å². The molecule has 0 bridgehead atoms. The van der Waals surface area contributed by atoms with Crippen molar-refractivity contribution in [2.24, 2.45) is 0 Å². The highest BCUT2D eigenvalue weighted by Crippen LogP contribution is 2.33. The van der Waals surface area contributed by atoms with Gasteiger partial charge in [0.2, 0.25) is 5.91 Å². The molecule has 0 unspecified atom stereocenters. The second kappa shape index (κ2) is 8.89. The first-order valence-electron chi connectivity index (χ1n) is 10.2. The molecular weight excluding hydrogens is 348 g/mol. The molecule has 2 N–H and O–H groups in total. The molecule has 4 heteroatoms. The molecule has 1 heterocycles. The van der Waals surface area contributed by atoms with Crippen molar-refractivity contribution in [1.29, 1.82) is 0 Å². The van der Waals surface area contributed by atoms with Crippen LogP contribution in [0.4, 0.5) is 0 Å². The highest BCUT2D eigenvalue weighted by molar-refractivity contribution is 5.73. The number of aryl methyl sites for hydroxylation is 2. The fraction of sp³-hybridized carbons (Fsp3) is 0.458. The molecule has 0 spiro atoms. The van der Waals surface area contributed by atoms with Crippen molar-refractivity contribution >= 4 is 5.91 Å². The number of piperidine rings is 1. The summed E-state index contributed by atoms with van der Waals surface area (Å²) in [4.78, 5) is 11.4. The first-order valence-corrected chi connectivity index (χ1v) is 10.2. The summed E-state index contributed by atoms with van der Waals surface area (Å²) in [5.74, 6) is 0.0266. The maximum Gasteiger partial charge on any atom is 0.217 e. The van der Waals surface area contributed by atoms with Gasteiger partial charge in [-0.15, -0.1) is 0 Å². The third-order valence-electron chi connectivity index (χ3n) is 5.63. The maximum absolute atomic E-state index is 11.4. The van der Waals surface area contributed by atoms with Gasteiger partial charge in [-0.1, -0.05) is 59.7 Å². The largest absolute Gasteiger partial charge is 0.372 e. The van der Waals surface area contributed by atoms with Gasteiger partial charge in [0.05, 0.1) is 18.2 Å². The van der Waals surface area contributed by atoms with Crippen LogP contribution in [0.5, 0.6) is 0 Å². The van der Waals surface area contributed by atoms with Crippen LogP contribution in [-0.2, 0) is 15.1 Å². The molecule has 0 aliphatic carbocycles. The third kappa shape index (κ3) is 5.00. The van der Waals surface area contributed by atoms with Crippen molar-refractivity contribution < 1.29 is 9.53 Å². The third-order valence-corrected chi connectivity index (χ3v) is 5.63. The van der Waals surface area contributed by atoms with E-state index in [2.05, 4.69) is 73.9 Å². The van der Waals surface area contributed by atoms with Gasteiger partial charge in [-0.3, -0.25) is 4.79 Å².